The van der Waals surface area contributed by atoms with Crippen molar-refractivity contribution in [1.82, 2.24) is 4.57 Å². The van der Waals surface area contributed by atoms with Crippen LogP contribution >= 0.6 is 32.9 Å². The topological polar surface area (TPSA) is 164 Å². The Balaban J connectivity index is 1.22. The lowest BCUT2D eigenvalue weighted by molar-refractivity contribution is -0.144. The van der Waals surface area contributed by atoms with Crippen LogP contribution in [0.15, 0.2) is 109 Å². The Bertz CT molecular complexity index is 2510. The normalized spacial score (nSPS) is 12.2. The average molecular weight is 869 g/mol. The minimum Gasteiger partial charge on any atom is -0.481 e. The van der Waals surface area contributed by atoms with Gasteiger partial charge in [0.15, 0.2) is 0 Å². The average Bonchev–Trinajstić information content (AvgIpc) is 3.80. The predicted molar refractivity (Wildman–Crippen MR) is 232 cm³/mol. The molecule has 310 valence electrons. The molecule has 2 heterocycles. The molecule has 4 N–H and O–H groups in total. The SMILES string of the molecule is CC(C)c1c(C(=O)Nc2ccc(OC(=O)CC(=O)Oc3ccc(-c4cc(=S)ss4)cc3)cc2)c(-c2ccccc2)c(-c2ccc(F)cc2)n1CC[C@@H](O)C[C@@H](O)CC(=O)O. The van der Waals surface area contributed by atoms with Gasteiger partial charge in [0.05, 0.1) is 29.9 Å². The summed E-state index contributed by atoms with van der Waals surface area (Å²) in [6.07, 6.45) is -3.50. The summed E-state index contributed by atoms with van der Waals surface area (Å²) in [5.74, 6) is -3.55. The minimum atomic E-state index is -1.25. The number of halogens is 1. The first-order chi connectivity index (χ1) is 28.7. The Morgan fingerprint density at radius 2 is 1.38 bits per heavy atom. The van der Waals surface area contributed by atoms with E-state index < -0.39 is 54.7 Å². The zero-order chi connectivity index (χ0) is 42.9. The van der Waals surface area contributed by atoms with E-state index in [0.717, 1.165) is 14.3 Å². The number of aliphatic hydroxyl groups excluding tert-OH is 2. The molecule has 0 radical (unpaired) electrons. The van der Waals surface area contributed by atoms with Crippen molar-refractivity contribution < 1.29 is 48.4 Å². The number of carboxylic acid groups (broad SMARTS) is 1. The second kappa shape index (κ2) is 19.9. The lowest BCUT2D eigenvalue weighted by atomic mass is 9.94. The van der Waals surface area contributed by atoms with E-state index in [1.807, 2.05) is 54.8 Å². The van der Waals surface area contributed by atoms with Crippen LogP contribution in [0.4, 0.5) is 10.1 Å². The maximum Gasteiger partial charge on any atom is 0.322 e. The molecule has 2 atom stereocenters. The maximum absolute atomic E-state index is 14.5. The van der Waals surface area contributed by atoms with Gasteiger partial charge in [0.25, 0.3) is 5.91 Å². The van der Waals surface area contributed by atoms with E-state index in [1.165, 1.54) is 34.6 Å². The van der Waals surface area contributed by atoms with Gasteiger partial charge in [-0.3, -0.25) is 19.2 Å². The van der Waals surface area contributed by atoms with Gasteiger partial charge in [-0.25, -0.2) is 4.39 Å². The van der Waals surface area contributed by atoms with Gasteiger partial charge in [-0.05, 0) is 114 Å². The third kappa shape index (κ3) is 11.2. The number of aliphatic carboxylic acids is 1. The summed E-state index contributed by atoms with van der Waals surface area (Å²) in [5.41, 5.74) is 4.79. The summed E-state index contributed by atoms with van der Waals surface area (Å²) in [4.78, 5) is 51.8. The number of hydrogen-bond donors (Lipinski definition) is 4. The van der Waals surface area contributed by atoms with Crippen LogP contribution in [0.3, 0.4) is 0 Å². The highest BCUT2D eigenvalue weighted by Gasteiger charge is 2.31. The summed E-state index contributed by atoms with van der Waals surface area (Å²) >= 11 is 5.19. The van der Waals surface area contributed by atoms with Crippen molar-refractivity contribution in [2.45, 2.75) is 64.2 Å². The molecule has 4 aromatic carbocycles. The number of ether oxygens (including phenoxy) is 2. The first-order valence-corrected chi connectivity index (χ1v) is 21.5. The van der Waals surface area contributed by atoms with Gasteiger partial charge in [-0.1, -0.05) is 77.1 Å². The van der Waals surface area contributed by atoms with E-state index >= 15 is 0 Å². The molecular formula is C45H41FN2O9S3. The first kappa shape index (κ1) is 43.7. The number of aromatic nitrogens is 1. The molecule has 0 aliphatic carbocycles. The van der Waals surface area contributed by atoms with Gasteiger partial charge < -0.3 is 34.7 Å². The van der Waals surface area contributed by atoms with Gasteiger partial charge in [0.1, 0.15) is 27.6 Å². The van der Waals surface area contributed by atoms with Crippen molar-refractivity contribution in [3.63, 3.8) is 0 Å². The zero-order valence-corrected chi connectivity index (χ0v) is 35.0. The fourth-order valence-electron chi connectivity index (χ4n) is 6.80. The van der Waals surface area contributed by atoms with Gasteiger partial charge in [0, 0.05) is 28.4 Å². The van der Waals surface area contributed by atoms with Crippen molar-refractivity contribution in [2.75, 3.05) is 5.32 Å². The van der Waals surface area contributed by atoms with Crippen LogP contribution in [0.2, 0.25) is 0 Å². The van der Waals surface area contributed by atoms with Gasteiger partial charge in [0.2, 0.25) is 0 Å². The molecule has 11 nitrogen and oxygen atoms in total. The highest BCUT2D eigenvalue weighted by molar-refractivity contribution is 7.80. The highest BCUT2D eigenvalue weighted by Crippen LogP contribution is 2.43. The third-order valence-corrected chi connectivity index (χ3v) is 12.3. The number of nitrogens with one attached hydrogen (secondary N) is 1. The first-order valence-electron chi connectivity index (χ1n) is 18.9. The van der Waals surface area contributed by atoms with Crippen LogP contribution in [0.1, 0.15) is 61.5 Å². The van der Waals surface area contributed by atoms with Crippen molar-refractivity contribution >= 4 is 62.4 Å². The van der Waals surface area contributed by atoms with Crippen LogP contribution in [0.5, 0.6) is 11.5 Å². The number of benzene rings is 4. The second-order valence-electron chi connectivity index (χ2n) is 14.2. The Morgan fingerprint density at radius 1 is 0.783 bits per heavy atom. The Labute approximate surface area is 357 Å². The number of carbonyl (C=O) groups excluding carboxylic acids is 3. The van der Waals surface area contributed by atoms with Crippen LogP contribution in [0.25, 0.3) is 32.8 Å². The molecule has 15 heteroatoms. The molecule has 0 fully saturated rings. The molecule has 6 aromatic rings. The van der Waals surface area contributed by atoms with Crippen LogP contribution in [-0.2, 0) is 20.9 Å². The molecule has 0 spiro atoms. The second-order valence-corrected chi connectivity index (χ2v) is 17.1. The number of nitrogens with zero attached hydrogens (tertiary/aromatic N) is 1. The predicted octanol–water partition coefficient (Wildman–Crippen LogP) is 9.73. The summed E-state index contributed by atoms with van der Waals surface area (Å²) in [6.45, 7) is 4.04. The van der Waals surface area contributed by atoms with E-state index in [-0.39, 0.29) is 36.8 Å². The van der Waals surface area contributed by atoms with E-state index in [0.29, 0.717) is 39.3 Å². The molecule has 0 bridgehead atoms. The number of anilines is 1. The van der Waals surface area contributed by atoms with Crippen molar-refractivity contribution in [1.29, 1.82) is 0 Å². The van der Waals surface area contributed by atoms with E-state index in [9.17, 15) is 33.8 Å². The Morgan fingerprint density at radius 3 is 1.95 bits per heavy atom. The fourth-order valence-corrected chi connectivity index (χ4v) is 9.20. The van der Waals surface area contributed by atoms with Gasteiger partial charge in [-0.2, -0.15) is 0 Å². The maximum atomic E-state index is 14.5. The van der Waals surface area contributed by atoms with Crippen molar-refractivity contribution in [2.24, 2.45) is 0 Å². The fraction of sp³-hybridized carbons (Fsp3) is 0.222. The molecule has 0 saturated heterocycles. The number of amides is 1. The number of hydrogen-bond acceptors (Lipinski definition) is 11. The van der Waals surface area contributed by atoms with Crippen molar-refractivity contribution in [3.8, 4) is 44.3 Å². The zero-order valence-electron chi connectivity index (χ0n) is 32.5. The highest BCUT2D eigenvalue weighted by atomic mass is 32.9. The molecule has 60 heavy (non-hydrogen) atoms. The molecular weight excluding hydrogens is 828 g/mol. The van der Waals surface area contributed by atoms with Gasteiger partial charge >= 0.3 is 17.9 Å². The molecule has 2 aromatic heterocycles. The quantitative estimate of drug-likeness (QED) is 0.0228. The number of aliphatic hydroxyl groups is 2. The summed E-state index contributed by atoms with van der Waals surface area (Å²) in [5, 5.41) is 33.1. The summed E-state index contributed by atoms with van der Waals surface area (Å²) in [7, 11) is 3.05. The van der Waals surface area contributed by atoms with Crippen LogP contribution < -0.4 is 14.8 Å². The lowest BCUT2D eigenvalue weighted by Gasteiger charge is -2.20. The molecule has 6 rings (SSSR count). The van der Waals surface area contributed by atoms with Gasteiger partial charge in [-0.15, -0.1) is 0 Å². The summed E-state index contributed by atoms with van der Waals surface area (Å²) in [6, 6.07) is 30.0. The Hall–Kier alpha value is -5.84. The standard InChI is InChI=1S/C45H41FN2O9S3/c1-26(2)43-42(41(28-6-4-3-5-7-28)44(29-8-12-30(46)13-9-29)48(43)21-20-32(49)22-33(50)23-37(51)52)45(55)47-31-14-18-35(19-15-31)57-39(54)25-38(53)56-34-16-10-27(11-17-34)36-24-40(58)60-59-36/h3-19,24,26,32-33,49-50H,20-23,25H2,1-2H3,(H,47,55)(H,51,52)/t32-,33-/m1/s1. The molecule has 1 amide bonds. The molecule has 0 unspecified atom stereocenters. The van der Waals surface area contributed by atoms with E-state index in [2.05, 4.69) is 5.32 Å². The van der Waals surface area contributed by atoms with E-state index in [1.54, 1.807) is 58.9 Å². The number of rotatable bonds is 17. The lowest BCUT2D eigenvalue weighted by Crippen LogP contribution is -2.22. The smallest absolute Gasteiger partial charge is 0.322 e. The largest absolute Gasteiger partial charge is 0.481 e. The number of esters is 2. The number of carboxylic acids is 1. The van der Waals surface area contributed by atoms with Crippen LogP contribution in [0, 0.1) is 9.64 Å². The molecule has 0 aliphatic heterocycles. The monoisotopic (exact) mass is 868 g/mol. The van der Waals surface area contributed by atoms with Crippen LogP contribution in [-0.4, -0.2) is 55.9 Å². The Kier molecular flexibility index (Phi) is 14.5. The third-order valence-electron chi connectivity index (χ3n) is 9.36. The number of carbonyl (C=O) groups is 4. The molecule has 0 saturated carbocycles. The minimum absolute atomic E-state index is 0.118. The summed E-state index contributed by atoms with van der Waals surface area (Å²) < 4.78 is 27.7. The van der Waals surface area contributed by atoms with E-state index in [4.69, 9.17) is 26.8 Å². The van der Waals surface area contributed by atoms with Crippen molar-refractivity contribution in [3.05, 3.63) is 130 Å². The molecule has 0 aliphatic rings.